The van der Waals surface area contributed by atoms with Crippen LogP contribution in [0.1, 0.15) is 47.0 Å². The molecule has 1 heterocycles. The van der Waals surface area contributed by atoms with Gasteiger partial charge < -0.3 is 15.0 Å². The number of nitrogens with one attached hydrogen (secondary N) is 1. The van der Waals surface area contributed by atoms with Gasteiger partial charge in [-0.2, -0.15) is 0 Å². The van der Waals surface area contributed by atoms with E-state index in [4.69, 9.17) is 4.74 Å². The van der Waals surface area contributed by atoms with E-state index in [0.29, 0.717) is 12.0 Å². The number of nitrogens with zero attached hydrogens (tertiary/aromatic N) is 1. The topological polar surface area (TPSA) is 41.6 Å². The Morgan fingerprint density at radius 2 is 2.17 bits per heavy atom. The van der Waals surface area contributed by atoms with E-state index < -0.39 is 0 Å². The summed E-state index contributed by atoms with van der Waals surface area (Å²) >= 11 is 0. The molecule has 18 heavy (non-hydrogen) atoms. The third-order valence-electron chi connectivity index (χ3n) is 3.51. The normalized spacial score (nSPS) is 24.4. The van der Waals surface area contributed by atoms with Crippen molar-refractivity contribution in [3.8, 4) is 0 Å². The van der Waals surface area contributed by atoms with Crippen molar-refractivity contribution in [1.82, 2.24) is 10.2 Å². The van der Waals surface area contributed by atoms with Gasteiger partial charge in [0.15, 0.2) is 0 Å². The van der Waals surface area contributed by atoms with Crippen LogP contribution in [0.5, 0.6) is 0 Å². The maximum absolute atomic E-state index is 11.9. The smallest absolute Gasteiger partial charge is 0.410 e. The number of piperidine rings is 1. The summed E-state index contributed by atoms with van der Waals surface area (Å²) in [5.74, 6) is 0.546. The van der Waals surface area contributed by atoms with Crippen molar-refractivity contribution in [3.63, 3.8) is 0 Å². The van der Waals surface area contributed by atoms with Crippen molar-refractivity contribution < 1.29 is 9.53 Å². The fourth-order valence-corrected chi connectivity index (χ4v) is 2.49. The van der Waals surface area contributed by atoms with Gasteiger partial charge in [0.1, 0.15) is 0 Å². The molecule has 0 aromatic carbocycles. The molecule has 4 nitrogen and oxygen atoms in total. The van der Waals surface area contributed by atoms with Crippen molar-refractivity contribution in [3.05, 3.63) is 0 Å². The van der Waals surface area contributed by atoms with E-state index >= 15 is 0 Å². The van der Waals surface area contributed by atoms with Crippen molar-refractivity contribution in [1.29, 1.82) is 0 Å². The number of hydrogen-bond acceptors (Lipinski definition) is 3. The highest BCUT2D eigenvalue weighted by Crippen LogP contribution is 2.21. The van der Waals surface area contributed by atoms with Crippen LogP contribution in [0, 0.1) is 5.92 Å². The number of rotatable bonds is 5. The van der Waals surface area contributed by atoms with Gasteiger partial charge in [-0.1, -0.05) is 20.3 Å². The molecule has 2 atom stereocenters. The molecule has 1 aliphatic rings. The number of amides is 1. The lowest BCUT2D eigenvalue weighted by Crippen LogP contribution is -2.51. The SMILES string of the molecule is CCCNC1CCN(C(=O)OC(C)C)CC1CC. The Balaban J connectivity index is 2.47. The third-order valence-corrected chi connectivity index (χ3v) is 3.51. The molecule has 2 unspecified atom stereocenters. The second-order valence-electron chi connectivity index (χ2n) is 5.40. The summed E-state index contributed by atoms with van der Waals surface area (Å²) in [5.41, 5.74) is 0. The zero-order valence-electron chi connectivity index (χ0n) is 12.2. The monoisotopic (exact) mass is 256 g/mol. The largest absolute Gasteiger partial charge is 0.447 e. The second-order valence-corrected chi connectivity index (χ2v) is 5.40. The van der Waals surface area contributed by atoms with Gasteiger partial charge in [0.25, 0.3) is 0 Å². The van der Waals surface area contributed by atoms with Gasteiger partial charge in [0.2, 0.25) is 0 Å². The molecule has 0 saturated carbocycles. The predicted molar refractivity (Wildman–Crippen MR) is 73.7 cm³/mol. The van der Waals surface area contributed by atoms with Crippen LogP contribution in [0.15, 0.2) is 0 Å². The second kappa shape index (κ2) is 7.62. The van der Waals surface area contributed by atoms with Crippen molar-refractivity contribution in [2.75, 3.05) is 19.6 Å². The Labute approximate surface area is 111 Å². The summed E-state index contributed by atoms with van der Waals surface area (Å²) in [7, 11) is 0. The number of ether oxygens (including phenoxy) is 1. The molecule has 0 spiro atoms. The Morgan fingerprint density at radius 3 is 2.72 bits per heavy atom. The minimum Gasteiger partial charge on any atom is -0.447 e. The molecule has 1 saturated heterocycles. The van der Waals surface area contributed by atoms with Crippen LogP contribution in [0.3, 0.4) is 0 Å². The van der Waals surface area contributed by atoms with Gasteiger partial charge in [0, 0.05) is 19.1 Å². The van der Waals surface area contributed by atoms with E-state index in [1.165, 1.54) is 0 Å². The molecule has 0 aromatic heterocycles. The Kier molecular flexibility index (Phi) is 6.47. The minimum atomic E-state index is -0.155. The van der Waals surface area contributed by atoms with Crippen molar-refractivity contribution >= 4 is 6.09 Å². The summed E-state index contributed by atoms with van der Waals surface area (Å²) < 4.78 is 5.27. The average molecular weight is 256 g/mol. The van der Waals surface area contributed by atoms with Crippen LogP contribution in [-0.2, 0) is 4.74 Å². The van der Waals surface area contributed by atoms with Crippen molar-refractivity contribution in [2.45, 2.75) is 59.1 Å². The molecule has 1 aliphatic heterocycles. The predicted octanol–water partition coefficient (Wildman–Crippen LogP) is 2.63. The number of carbonyl (C=O) groups excluding carboxylic acids is 1. The lowest BCUT2D eigenvalue weighted by molar-refractivity contribution is 0.0555. The first-order valence-electron chi connectivity index (χ1n) is 7.27. The highest BCUT2D eigenvalue weighted by atomic mass is 16.6. The fraction of sp³-hybridized carbons (Fsp3) is 0.929. The number of carbonyl (C=O) groups is 1. The first kappa shape index (κ1) is 15.3. The van der Waals surface area contributed by atoms with E-state index in [1.807, 2.05) is 18.7 Å². The highest BCUT2D eigenvalue weighted by molar-refractivity contribution is 5.67. The van der Waals surface area contributed by atoms with E-state index in [0.717, 1.165) is 38.9 Å². The minimum absolute atomic E-state index is 0.0338. The Bertz CT molecular complexity index is 256. The fourth-order valence-electron chi connectivity index (χ4n) is 2.49. The molecule has 0 aliphatic carbocycles. The zero-order valence-corrected chi connectivity index (χ0v) is 12.2. The molecule has 1 amide bonds. The molecular weight excluding hydrogens is 228 g/mol. The van der Waals surface area contributed by atoms with Gasteiger partial charge in [0.05, 0.1) is 6.10 Å². The molecule has 0 radical (unpaired) electrons. The molecule has 0 aromatic rings. The van der Waals surface area contributed by atoms with Crippen LogP contribution in [0.25, 0.3) is 0 Å². The van der Waals surface area contributed by atoms with E-state index in [1.54, 1.807) is 0 Å². The first-order chi connectivity index (χ1) is 8.58. The summed E-state index contributed by atoms with van der Waals surface area (Å²) in [6, 6.07) is 0.554. The van der Waals surface area contributed by atoms with E-state index in [2.05, 4.69) is 19.2 Å². The van der Waals surface area contributed by atoms with Crippen LogP contribution < -0.4 is 5.32 Å². The summed E-state index contributed by atoms with van der Waals surface area (Å²) in [6.07, 6.45) is 3.11. The van der Waals surface area contributed by atoms with Crippen LogP contribution >= 0.6 is 0 Å². The molecular formula is C14H28N2O2. The van der Waals surface area contributed by atoms with Gasteiger partial charge in [-0.3, -0.25) is 0 Å². The van der Waals surface area contributed by atoms with Gasteiger partial charge >= 0.3 is 6.09 Å². The Hall–Kier alpha value is -0.770. The first-order valence-corrected chi connectivity index (χ1v) is 7.27. The summed E-state index contributed by atoms with van der Waals surface area (Å²) in [6.45, 7) is 10.9. The highest BCUT2D eigenvalue weighted by Gasteiger charge is 2.30. The van der Waals surface area contributed by atoms with E-state index in [-0.39, 0.29) is 12.2 Å². The standard InChI is InChI=1S/C14H28N2O2/c1-5-8-15-13-7-9-16(10-12(13)6-2)14(17)18-11(3)4/h11-13,15H,5-10H2,1-4H3. The molecule has 4 heteroatoms. The molecule has 1 fully saturated rings. The van der Waals surface area contributed by atoms with Gasteiger partial charge in [-0.25, -0.2) is 4.79 Å². The number of hydrogen-bond donors (Lipinski definition) is 1. The van der Waals surface area contributed by atoms with Gasteiger partial charge in [-0.15, -0.1) is 0 Å². The summed E-state index contributed by atoms with van der Waals surface area (Å²) in [4.78, 5) is 13.7. The number of likely N-dealkylation sites (tertiary alicyclic amines) is 1. The third kappa shape index (κ3) is 4.48. The molecule has 0 bridgehead atoms. The molecule has 1 N–H and O–H groups in total. The van der Waals surface area contributed by atoms with Crippen LogP contribution in [0.4, 0.5) is 4.79 Å². The summed E-state index contributed by atoms with van der Waals surface area (Å²) in [5, 5.41) is 3.59. The quantitative estimate of drug-likeness (QED) is 0.822. The lowest BCUT2D eigenvalue weighted by atomic mass is 9.90. The Morgan fingerprint density at radius 1 is 1.44 bits per heavy atom. The lowest BCUT2D eigenvalue weighted by Gasteiger charge is -2.38. The van der Waals surface area contributed by atoms with Crippen LogP contribution in [-0.4, -0.2) is 42.8 Å². The van der Waals surface area contributed by atoms with Gasteiger partial charge in [-0.05, 0) is 39.2 Å². The zero-order chi connectivity index (χ0) is 13.5. The molecule has 1 rings (SSSR count). The van der Waals surface area contributed by atoms with Crippen LogP contribution in [0.2, 0.25) is 0 Å². The van der Waals surface area contributed by atoms with Crippen molar-refractivity contribution in [2.24, 2.45) is 5.92 Å². The van der Waals surface area contributed by atoms with E-state index in [9.17, 15) is 4.79 Å². The maximum Gasteiger partial charge on any atom is 0.410 e. The molecule has 106 valence electrons. The maximum atomic E-state index is 11.9. The average Bonchev–Trinajstić information content (AvgIpc) is 2.35.